The highest BCUT2D eigenvalue weighted by Crippen LogP contribution is 2.30. The van der Waals surface area contributed by atoms with Gasteiger partial charge in [0.05, 0.1) is 16.6 Å². The normalized spacial score (nSPS) is 12.9. The standard InChI is InChI=1S/C13H14N4S2/c1-8-13(19-17-16-8)11(15-14)6-9-7-18-12-5-3-2-4-10(9)12/h2-5,7,11,15H,6,14H2,1H3. The number of rotatable bonds is 4. The number of nitrogens with zero attached hydrogens (tertiary/aromatic N) is 2. The zero-order valence-corrected chi connectivity index (χ0v) is 12.1. The summed E-state index contributed by atoms with van der Waals surface area (Å²) in [6.45, 7) is 1.97. The van der Waals surface area contributed by atoms with Crippen molar-refractivity contribution in [1.29, 1.82) is 0 Å². The number of hydrazine groups is 1. The third-order valence-electron chi connectivity index (χ3n) is 3.19. The first-order chi connectivity index (χ1) is 9.29. The number of nitrogens with two attached hydrogens (primary N) is 1. The molecule has 0 amide bonds. The van der Waals surface area contributed by atoms with E-state index in [1.165, 1.54) is 27.2 Å². The van der Waals surface area contributed by atoms with Crippen molar-refractivity contribution in [2.24, 2.45) is 5.84 Å². The monoisotopic (exact) mass is 290 g/mol. The maximum Gasteiger partial charge on any atom is 0.0773 e. The van der Waals surface area contributed by atoms with Gasteiger partial charge in [0.2, 0.25) is 0 Å². The Morgan fingerprint density at radius 2 is 2.21 bits per heavy atom. The predicted molar refractivity (Wildman–Crippen MR) is 80.2 cm³/mol. The van der Waals surface area contributed by atoms with Gasteiger partial charge in [-0.1, -0.05) is 22.7 Å². The molecule has 2 heterocycles. The van der Waals surface area contributed by atoms with Gasteiger partial charge in [-0.2, -0.15) is 0 Å². The van der Waals surface area contributed by atoms with E-state index in [4.69, 9.17) is 5.84 Å². The molecule has 1 unspecified atom stereocenters. The second-order valence-electron chi connectivity index (χ2n) is 4.40. The van der Waals surface area contributed by atoms with E-state index >= 15 is 0 Å². The van der Waals surface area contributed by atoms with Crippen molar-refractivity contribution in [3.05, 3.63) is 45.8 Å². The fourth-order valence-electron chi connectivity index (χ4n) is 2.19. The number of hydrogen-bond acceptors (Lipinski definition) is 6. The maximum absolute atomic E-state index is 5.70. The highest BCUT2D eigenvalue weighted by Gasteiger charge is 2.18. The largest absolute Gasteiger partial charge is 0.271 e. The molecule has 3 N–H and O–H groups in total. The molecule has 98 valence electrons. The van der Waals surface area contributed by atoms with Crippen LogP contribution in [0, 0.1) is 6.92 Å². The third-order valence-corrected chi connectivity index (χ3v) is 5.14. The zero-order chi connectivity index (χ0) is 13.2. The molecule has 3 aromatic rings. The predicted octanol–water partition coefficient (Wildman–Crippen LogP) is 2.81. The highest BCUT2D eigenvalue weighted by molar-refractivity contribution is 7.17. The summed E-state index contributed by atoms with van der Waals surface area (Å²) in [6, 6.07) is 8.51. The van der Waals surface area contributed by atoms with Gasteiger partial charge >= 0.3 is 0 Å². The summed E-state index contributed by atoms with van der Waals surface area (Å²) in [6.07, 6.45) is 0.852. The molecule has 2 aromatic heterocycles. The molecule has 6 heteroatoms. The van der Waals surface area contributed by atoms with Crippen LogP contribution in [0.1, 0.15) is 22.2 Å². The van der Waals surface area contributed by atoms with Crippen LogP contribution in [0.25, 0.3) is 10.1 Å². The number of aryl methyl sites for hydroxylation is 1. The van der Waals surface area contributed by atoms with Gasteiger partial charge in [0.25, 0.3) is 0 Å². The summed E-state index contributed by atoms with van der Waals surface area (Å²) in [5.41, 5.74) is 5.15. The summed E-state index contributed by atoms with van der Waals surface area (Å²) in [5, 5.41) is 7.57. The van der Waals surface area contributed by atoms with E-state index in [1.54, 1.807) is 11.3 Å². The second-order valence-corrected chi connectivity index (χ2v) is 6.10. The first-order valence-electron chi connectivity index (χ1n) is 5.99. The van der Waals surface area contributed by atoms with Gasteiger partial charge in [-0.25, -0.2) is 0 Å². The summed E-state index contributed by atoms with van der Waals surface area (Å²) >= 11 is 3.18. The molecule has 0 saturated heterocycles. The Labute approximate surface area is 119 Å². The van der Waals surface area contributed by atoms with Crippen LogP contribution < -0.4 is 11.3 Å². The molecular weight excluding hydrogens is 276 g/mol. The smallest absolute Gasteiger partial charge is 0.0773 e. The lowest BCUT2D eigenvalue weighted by molar-refractivity contribution is 0.559. The van der Waals surface area contributed by atoms with E-state index in [1.807, 2.05) is 6.92 Å². The van der Waals surface area contributed by atoms with Crippen LogP contribution >= 0.6 is 22.9 Å². The molecule has 0 aliphatic rings. The minimum Gasteiger partial charge on any atom is -0.271 e. The van der Waals surface area contributed by atoms with E-state index in [-0.39, 0.29) is 6.04 Å². The number of hydrogen-bond donors (Lipinski definition) is 2. The Morgan fingerprint density at radius 3 is 2.95 bits per heavy atom. The quantitative estimate of drug-likeness (QED) is 0.573. The summed E-state index contributed by atoms with van der Waals surface area (Å²) in [7, 11) is 0. The molecular formula is C13H14N4S2. The van der Waals surface area contributed by atoms with Crippen LogP contribution in [0.4, 0.5) is 0 Å². The lowest BCUT2D eigenvalue weighted by atomic mass is 10.0. The van der Waals surface area contributed by atoms with Crippen LogP contribution in [0.5, 0.6) is 0 Å². The third kappa shape index (κ3) is 2.40. The minimum atomic E-state index is 0.0676. The Kier molecular flexibility index (Phi) is 3.56. The van der Waals surface area contributed by atoms with Crippen LogP contribution in [0.15, 0.2) is 29.6 Å². The summed E-state index contributed by atoms with van der Waals surface area (Å²) < 4.78 is 5.29. The van der Waals surface area contributed by atoms with Gasteiger partial charge in [0.1, 0.15) is 0 Å². The molecule has 0 fully saturated rings. The lowest BCUT2D eigenvalue weighted by Gasteiger charge is -2.13. The molecule has 3 rings (SSSR count). The lowest BCUT2D eigenvalue weighted by Crippen LogP contribution is -2.29. The number of aromatic nitrogens is 2. The average molecular weight is 290 g/mol. The fraction of sp³-hybridized carbons (Fsp3) is 0.231. The number of nitrogens with one attached hydrogen (secondary N) is 1. The van der Waals surface area contributed by atoms with Crippen molar-refractivity contribution in [1.82, 2.24) is 15.0 Å². The molecule has 0 aliphatic carbocycles. The van der Waals surface area contributed by atoms with Crippen LogP contribution in [0.2, 0.25) is 0 Å². The molecule has 0 spiro atoms. The van der Waals surface area contributed by atoms with Crippen molar-refractivity contribution in [2.45, 2.75) is 19.4 Å². The topological polar surface area (TPSA) is 63.8 Å². The molecule has 0 aliphatic heterocycles. The van der Waals surface area contributed by atoms with Gasteiger partial charge in [-0.05, 0) is 47.3 Å². The Morgan fingerprint density at radius 1 is 1.37 bits per heavy atom. The van der Waals surface area contributed by atoms with Crippen LogP contribution in [-0.2, 0) is 6.42 Å². The zero-order valence-electron chi connectivity index (χ0n) is 10.5. The number of fused-ring (bicyclic) bond motifs is 1. The van der Waals surface area contributed by atoms with Gasteiger partial charge in [0.15, 0.2) is 0 Å². The van der Waals surface area contributed by atoms with E-state index in [0.29, 0.717) is 0 Å². The highest BCUT2D eigenvalue weighted by atomic mass is 32.1. The molecule has 1 aromatic carbocycles. The van der Waals surface area contributed by atoms with E-state index in [0.717, 1.165) is 17.0 Å². The van der Waals surface area contributed by atoms with E-state index in [2.05, 4.69) is 44.7 Å². The summed E-state index contributed by atoms with van der Waals surface area (Å²) in [5.74, 6) is 5.70. The van der Waals surface area contributed by atoms with Gasteiger partial charge in [0, 0.05) is 4.70 Å². The average Bonchev–Trinajstić information content (AvgIpc) is 3.03. The fourth-order valence-corrected chi connectivity index (χ4v) is 3.87. The van der Waals surface area contributed by atoms with Crippen molar-refractivity contribution < 1.29 is 0 Å². The SMILES string of the molecule is Cc1nnsc1C(Cc1csc2ccccc12)NN. The van der Waals surface area contributed by atoms with E-state index in [9.17, 15) is 0 Å². The molecule has 0 radical (unpaired) electrons. The Balaban J connectivity index is 1.93. The van der Waals surface area contributed by atoms with Crippen molar-refractivity contribution >= 4 is 33.0 Å². The Hall–Kier alpha value is -1.34. The summed E-state index contributed by atoms with van der Waals surface area (Å²) in [4.78, 5) is 1.11. The van der Waals surface area contributed by atoms with Gasteiger partial charge in [-0.3, -0.25) is 11.3 Å². The van der Waals surface area contributed by atoms with Crippen LogP contribution in [-0.4, -0.2) is 9.59 Å². The minimum absolute atomic E-state index is 0.0676. The number of benzene rings is 1. The molecule has 4 nitrogen and oxygen atoms in total. The molecule has 1 atom stereocenters. The molecule has 19 heavy (non-hydrogen) atoms. The van der Waals surface area contributed by atoms with Crippen molar-refractivity contribution in [3.8, 4) is 0 Å². The van der Waals surface area contributed by atoms with Crippen LogP contribution in [0.3, 0.4) is 0 Å². The number of thiophene rings is 1. The Bertz CT molecular complexity index is 689. The van der Waals surface area contributed by atoms with E-state index < -0.39 is 0 Å². The van der Waals surface area contributed by atoms with Gasteiger partial charge in [-0.15, -0.1) is 16.4 Å². The molecule has 0 saturated carbocycles. The van der Waals surface area contributed by atoms with Gasteiger partial charge < -0.3 is 0 Å². The first kappa shape index (κ1) is 12.7. The first-order valence-corrected chi connectivity index (χ1v) is 7.65. The second kappa shape index (κ2) is 5.34. The molecule has 0 bridgehead atoms. The van der Waals surface area contributed by atoms with Crippen molar-refractivity contribution in [3.63, 3.8) is 0 Å². The van der Waals surface area contributed by atoms with Crippen molar-refractivity contribution in [2.75, 3.05) is 0 Å². The maximum atomic E-state index is 5.70.